The van der Waals surface area contributed by atoms with Crippen LogP contribution in [0.3, 0.4) is 0 Å². The lowest BCUT2D eigenvalue weighted by atomic mass is 10.1. The van der Waals surface area contributed by atoms with Crippen LogP contribution in [0, 0.1) is 0 Å². The number of nitrogens with zero attached hydrogens (tertiary/aromatic N) is 5. The largest absolute Gasteiger partial charge is 0.482 e. The molecule has 1 fully saturated rings. The van der Waals surface area contributed by atoms with Gasteiger partial charge >= 0.3 is 0 Å². The Morgan fingerprint density at radius 3 is 2.78 bits per heavy atom. The van der Waals surface area contributed by atoms with E-state index in [1.807, 2.05) is 64.1 Å². The molecule has 8 nitrogen and oxygen atoms in total. The van der Waals surface area contributed by atoms with Crippen LogP contribution in [-0.4, -0.2) is 57.2 Å². The molecule has 2 aliphatic heterocycles. The van der Waals surface area contributed by atoms with E-state index in [-0.39, 0.29) is 31.0 Å². The highest BCUT2D eigenvalue weighted by molar-refractivity contribution is 6.02. The van der Waals surface area contributed by atoms with Gasteiger partial charge in [0.25, 0.3) is 5.91 Å². The van der Waals surface area contributed by atoms with Crippen LogP contribution < -0.4 is 9.64 Å². The summed E-state index contributed by atoms with van der Waals surface area (Å²) < 4.78 is 7.48. The topological polar surface area (TPSA) is 80.6 Å². The number of likely N-dealkylation sites (tertiary alicyclic amines) is 1. The van der Waals surface area contributed by atoms with Crippen molar-refractivity contribution in [1.29, 1.82) is 0 Å². The second-order valence-corrected chi connectivity index (χ2v) is 8.11. The van der Waals surface area contributed by atoms with Gasteiger partial charge in [0.1, 0.15) is 24.4 Å². The first-order valence-corrected chi connectivity index (χ1v) is 11.0. The molecule has 0 saturated carbocycles. The number of ether oxygens (including phenoxy) is 1. The maximum absolute atomic E-state index is 13.2. The summed E-state index contributed by atoms with van der Waals surface area (Å²) in [5, 5.41) is 8.38. The first-order chi connectivity index (χ1) is 15.7. The standard InChI is InChI=1S/C24H25N5O3/c30-23(15-28-20-10-4-5-11-21(20)32-16-24(28)31)27-14-6-9-19(27)12-13-22-26-25-17-29(22)18-7-2-1-3-8-18/h1-5,7-8,10-11,17,19H,6,9,12-16H2. The SMILES string of the molecule is O=C1COc2ccccc2N1CC(=O)N1CCCC1CCc1nncn1-c1ccccc1. The number of rotatable bonds is 6. The molecular weight excluding hydrogens is 406 g/mol. The second kappa shape index (κ2) is 8.82. The molecule has 0 aliphatic carbocycles. The molecular formula is C24H25N5O3. The number of aryl methyl sites for hydroxylation is 1. The van der Waals surface area contributed by atoms with Crippen LogP contribution in [0.2, 0.25) is 0 Å². The van der Waals surface area contributed by atoms with Gasteiger partial charge < -0.3 is 9.64 Å². The molecule has 3 heterocycles. The van der Waals surface area contributed by atoms with E-state index in [2.05, 4.69) is 10.2 Å². The Kier molecular flexibility index (Phi) is 5.58. The van der Waals surface area contributed by atoms with E-state index in [4.69, 9.17) is 4.74 Å². The van der Waals surface area contributed by atoms with Gasteiger partial charge in [0, 0.05) is 24.7 Å². The van der Waals surface area contributed by atoms with E-state index >= 15 is 0 Å². The van der Waals surface area contributed by atoms with Gasteiger partial charge in [0.2, 0.25) is 5.91 Å². The van der Waals surface area contributed by atoms with Crippen molar-refractivity contribution in [3.8, 4) is 11.4 Å². The third kappa shape index (κ3) is 3.95. The van der Waals surface area contributed by atoms with Crippen LogP contribution in [0.4, 0.5) is 5.69 Å². The highest BCUT2D eigenvalue weighted by Crippen LogP contribution is 2.32. The van der Waals surface area contributed by atoms with Crippen molar-refractivity contribution in [2.45, 2.75) is 31.7 Å². The lowest BCUT2D eigenvalue weighted by Crippen LogP contribution is -2.47. The first-order valence-electron chi connectivity index (χ1n) is 11.0. The van der Waals surface area contributed by atoms with E-state index < -0.39 is 0 Å². The molecule has 8 heteroatoms. The predicted molar refractivity (Wildman–Crippen MR) is 119 cm³/mol. The van der Waals surface area contributed by atoms with E-state index in [0.717, 1.165) is 43.7 Å². The summed E-state index contributed by atoms with van der Waals surface area (Å²) in [7, 11) is 0. The Hall–Kier alpha value is -3.68. The van der Waals surface area contributed by atoms with E-state index in [1.165, 1.54) is 0 Å². The minimum absolute atomic E-state index is 0.0259. The Bertz CT molecular complexity index is 1110. The van der Waals surface area contributed by atoms with Gasteiger partial charge in [-0.05, 0) is 43.5 Å². The molecule has 3 aromatic rings. The molecule has 5 rings (SSSR count). The monoisotopic (exact) mass is 431 g/mol. The number of fused-ring (bicyclic) bond motifs is 1. The maximum atomic E-state index is 13.2. The first kappa shape index (κ1) is 20.2. The molecule has 2 amide bonds. The van der Waals surface area contributed by atoms with Crippen molar-refractivity contribution in [2.75, 3.05) is 24.6 Å². The van der Waals surface area contributed by atoms with Crippen LogP contribution in [0.5, 0.6) is 5.75 Å². The molecule has 0 spiro atoms. The van der Waals surface area contributed by atoms with Gasteiger partial charge in [-0.25, -0.2) is 0 Å². The number of amides is 2. The third-order valence-corrected chi connectivity index (χ3v) is 6.15. The third-order valence-electron chi connectivity index (χ3n) is 6.15. The van der Waals surface area contributed by atoms with Gasteiger partial charge in [-0.1, -0.05) is 30.3 Å². The average Bonchev–Trinajstić information content (AvgIpc) is 3.49. The molecule has 0 bridgehead atoms. The van der Waals surface area contributed by atoms with Crippen LogP contribution >= 0.6 is 0 Å². The van der Waals surface area contributed by atoms with E-state index in [1.54, 1.807) is 11.2 Å². The molecule has 2 aromatic carbocycles. The fraction of sp³-hybridized carbons (Fsp3) is 0.333. The van der Waals surface area contributed by atoms with Crippen molar-refractivity contribution in [3.63, 3.8) is 0 Å². The zero-order valence-corrected chi connectivity index (χ0v) is 17.8. The second-order valence-electron chi connectivity index (χ2n) is 8.11. The van der Waals surface area contributed by atoms with Gasteiger partial charge in [-0.2, -0.15) is 0 Å². The minimum Gasteiger partial charge on any atom is -0.482 e. The van der Waals surface area contributed by atoms with Gasteiger partial charge in [-0.15, -0.1) is 10.2 Å². The van der Waals surface area contributed by atoms with E-state index in [9.17, 15) is 9.59 Å². The average molecular weight is 431 g/mol. The Labute approximate surface area is 186 Å². The normalized spacial score (nSPS) is 17.9. The molecule has 2 aliphatic rings. The summed E-state index contributed by atoms with van der Waals surface area (Å²) in [5.41, 5.74) is 1.68. The molecule has 1 saturated heterocycles. The molecule has 164 valence electrons. The molecule has 0 radical (unpaired) electrons. The van der Waals surface area contributed by atoms with Gasteiger partial charge in [0.05, 0.1) is 5.69 Å². The quantitative estimate of drug-likeness (QED) is 0.599. The van der Waals surface area contributed by atoms with Gasteiger partial charge in [0.15, 0.2) is 6.61 Å². The molecule has 1 atom stereocenters. The number of hydrogen-bond donors (Lipinski definition) is 0. The lowest BCUT2D eigenvalue weighted by molar-refractivity contribution is -0.132. The summed E-state index contributed by atoms with van der Waals surface area (Å²) in [5.74, 6) is 1.30. The van der Waals surface area contributed by atoms with Crippen molar-refractivity contribution in [3.05, 3.63) is 66.7 Å². The zero-order valence-electron chi connectivity index (χ0n) is 17.8. The molecule has 0 N–H and O–H groups in total. The van der Waals surface area contributed by atoms with Crippen molar-refractivity contribution >= 4 is 17.5 Å². The number of aromatic nitrogens is 3. The maximum Gasteiger partial charge on any atom is 0.265 e. The predicted octanol–water partition coefficient (Wildman–Crippen LogP) is 2.62. The van der Waals surface area contributed by atoms with Crippen molar-refractivity contribution < 1.29 is 14.3 Å². The van der Waals surface area contributed by atoms with Crippen LogP contribution in [0.1, 0.15) is 25.1 Å². The molecule has 1 aromatic heterocycles. The number of para-hydroxylation sites is 3. The van der Waals surface area contributed by atoms with Crippen molar-refractivity contribution in [1.82, 2.24) is 19.7 Å². The number of carbonyl (C=O) groups is 2. The molecule has 32 heavy (non-hydrogen) atoms. The summed E-state index contributed by atoms with van der Waals surface area (Å²) in [6.45, 7) is 0.716. The minimum atomic E-state index is -0.191. The fourth-order valence-electron chi connectivity index (χ4n) is 4.55. The summed E-state index contributed by atoms with van der Waals surface area (Å²) in [4.78, 5) is 29.1. The smallest absolute Gasteiger partial charge is 0.265 e. The summed E-state index contributed by atoms with van der Waals surface area (Å²) in [6, 6.07) is 17.5. The highest BCUT2D eigenvalue weighted by Gasteiger charge is 2.33. The molecule has 1 unspecified atom stereocenters. The number of benzene rings is 2. The number of hydrogen-bond acceptors (Lipinski definition) is 5. The highest BCUT2D eigenvalue weighted by atomic mass is 16.5. The van der Waals surface area contributed by atoms with E-state index in [0.29, 0.717) is 11.4 Å². The fourth-order valence-corrected chi connectivity index (χ4v) is 4.55. The van der Waals surface area contributed by atoms with Crippen LogP contribution in [0.15, 0.2) is 60.9 Å². The Balaban J connectivity index is 1.26. The Morgan fingerprint density at radius 1 is 1.09 bits per heavy atom. The summed E-state index contributed by atoms with van der Waals surface area (Å²) in [6.07, 6.45) is 5.19. The van der Waals surface area contributed by atoms with Crippen molar-refractivity contribution in [2.24, 2.45) is 0 Å². The van der Waals surface area contributed by atoms with Crippen LogP contribution in [-0.2, 0) is 16.0 Å². The van der Waals surface area contributed by atoms with Gasteiger partial charge in [-0.3, -0.25) is 19.1 Å². The zero-order chi connectivity index (χ0) is 21.9. The number of anilines is 1. The number of carbonyl (C=O) groups excluding carboxylic acids is 2. The lowest BCUT2D eigenvalue weighted by Gasteiger charge is -2.32. The van der Waals surface area contributed by atoms with Crippen LogP contribution in [0.25, 0.3) is 5.69 Å². The Morgan fingerprint density at radius 2 is 1.91 bits per heavy atom. The summed E-state index contributed by atoms with van der Waals surface area (Å²) >= 11 is 0.